The number of benzene rings is 2. The van der Waals surface area contributed by atoms with Gasteiger partial charge in [-0.25, -0.2) is 13.4 Å². The van der Waals surface area contributed by atoms with E-state index in [0.29, 0.717) is 31.9 Å². The third-order valence-corrected chi connectivity index (χ3v) is 8.21. The summed E-state index contributed by atoms with van der Waals surface area (Å²) < 4.78 is 43.9. The number of thiazole rings is 1. The zero-order valence-corrected chi connectivity index (χ0v) is 19.8. The molecule has 10 heteroatoms. The maximum absolute atomic E-state index is 13.2. The van der Waals surface area contributed by atoms with E-state index in [4.69, 9.17) is 19.2 Å². The van der Waals surface area contributed by atoms with E-state index in [1.54, 1.807) is 30.6 Å². The molecule has 0 unspecified atom stereocenters. The second-order valence-corrected chi connectivity index (χ2v) is 9.87. The summed E-state index contributed by atoms with van der Waals surface area (Å²) in [7, 11) is 0.933. The standard InChI is InChI=1S/C22H25N3O5S2/c1-28-16-8-9-21(20(14-16)30-3)32(26,27)25-12-10-24(11-13-25)22-23-18(15-31-22)17-6-4-5-7-19(17)29-2/h4-9,14-15H,10-13H2,1-3H3. The van der Waals surface area contributed by atoms with E-state index in [9.17, 15) is 8.42 Å². The monoisotopic (exact) mass is 475 g/mol. The van der Waals surface area contributed by atoms with Crippen LogP contribution < -0.4 is 19.1 Å². The average Bonchev–Trinajstić information content (AvgIpc) is 3.33. The summed E-state index contributed by atoms with van der Waals surface area (Å²) in [4.78, 5) is 7.02. The fourth-order valence-electron chi connectivity index (χ4n) is 3.64. The van der Waals surface area contributed by atoms with Crippen LogP contribution in [-0.4, -0.2) is 65.2 Å². The van der Waals surface area contributed by atoms with E-state index in [0.717, 1.165) is 22.1 Å². The smallest absolute Gasteiger partial charge is 0.246 e. The Morgan fingerprint density at radius 3 is 2.31 bits per heavy atom. The lowest BCUT2D eigenvalue weighted by molar-refractivity contribution is 0.370. The Morgan fingerprint density at radius 2 is 1.62 bits per heavy atom. The van der Waals surface area contributed by atoms with E-state index < -0.39 is 10.0 Å². The summed E-state index contributed by atoms with van der Waals surface area (Å²) in [6, 6.07) is 12.5. The Balaban J connectivity index is 1.49. The minimum absolute atomic E-state index is 0.141. The molecule has 0 bridgehead atoms. The average molecular weight is 476 g/mol. The molecule has 0 atom stereocenters. The summed E-state index contributed by atoms with van der Waals surface area (Å²) in [5.74, 6) is 1.59. The van der Waals surface area contributed by atoms with Crippen LogP contribution in [0.3, 0.4) is 0 Å². The SMILES string of the molecule is COc1ccc(S(=O)(=O)N2CCN(c3nc(-c4ccccc4OC)cs3)CC2)c(OC)c1. The second kappa shape index (κ2) is 9.35. The van der Waals surface area contributed by atoms with Gasteiger partial charge in [0.05, 0.1) is 27.0 Å². The molecule has 3 aromatic rings. The number of para-hydroxylation sites is 1. The highest BCUT2D eigenvalue weighted by Crippen LogP contribution is 2.34. The summed E-state index contributed by atoms with van der Waals surface area (Å²) in [6.45, 7) is 1.83. The number of methoxy groups -OCH3 is 3. The molecule has 0 saturated carbocycles. The zero-order chi connectivity index (χ0) is 22.7. The summed E-state index contributed by atoms with van der Waals surface area (Å²) in [5, 5.41) is 2.86. The van der Waals surface area contributed by atoms with Crippen LogP contribution in [0.1, 0.15) is 0 Å². The van der Waals surface area contributed by atoms with E-state index in [-0.39, 0.29) is 10.6 Å². The highest BCUT2D eigenvalue weighted by atomic mass is 32.2. The molecular weight excluding hydrogens is 450 g/mol. The van der Waals surface area contributed by atoms with Gasteiger partial charge in [0.25, 0.3) is 0 Å². The van der Waals surface area contributed by atoms with Gasteiger partial charge in [0, 0.05) is 43.2 Å². The molecule has 4 rings (SSSR count). The topological polar surface area (TPSA) is 81.2 Å². The van der Waals surface area contributed by atoms with Crippen LogP contribution in [0.15, 0.2) is 52.7 Å². The van der Waals surface area contributed by atoms with Crippen molar-refractivity contribution >= 4 is 26.5 Å². The molecule has 1 aliphatic rings. The van der Waals surface area contributed by atoms with Crippen LogP contribution in [0.25, 0.3) is 11.3 Å². The Hall–Kier alpha value is -2.82. The van der Waals surface area contributed by atoms with Crippen molar-refractivity contribution < 1.29 is 22.6 Å². The minimum Gasteiger partial charge on any atom is -0.497 e. The summed E-state index contributed by atoms with van der Waals surface area (Å²) in [5.41, 5.74) is 1.78. The third kappa shape index (κ3) is 4.25. The molecule has 8 nitrogen and oxygen atoms in total. The van der Waals surface area contributed by atoms with Crippen molar-refractivity contribution in [3.05, 3.63) is 47.8 Å². The molecule has 0 amide bonds. The molecule has 1 aromatic heterocycles. The highest BCUT2D eigenvalue weighted by molar-refractivity contribution is 7.89. The first-order valence-electron chi connectivity index (χ1n) is 10.0. The van der Waals surface area contributed by atoms with Gasteiger partial charge in [-0.2, -0.15) is 4.31 Å². The maximum Gasteiger partial charge on any atom is 0.246 e. The van der Waals surface area contributed by atoms with Crippen molar-refractivity contribution in [1.82, 2.24) is 9.29 Å². The fourth-order valence-corrected chi connectivity index (χ4v) is 6.07. The van der Waals surface area contributed by atoms with Crippen molar-refractivity contribution in [2.45, 2.75) is 4.90 Å². The Kier molecular flexibility index (Phi) is 6.54. The molecule has 0 radical (unpaired) electrons. The van der Waals surface area contributed by atoms with Crippen molar-refractivity contribution in [3.8, 4) is 28.5 Å². The second-order valence-electron chi connectivity index (χ2n) is 7.12. The highest BCUT2D eigenvalue weighted by Gasteiger charge is 2.31. The van der Waals surface area contributed by atoms with Crippen molar-refractivity contribution in [1.29, 1.82) is 0 Å². The lowest BCUT2D eigenvalue weighted by Crippen LogP contribution is -2.48. The third-order valence-electron chi connectivity index (χ3n) is 5.37. The molecule has 1 aliphatic heterocycles. The summed E-state index contributed by atoms with van der Waals surface area (Å²) in [6.07, 6.45) is 0. The van der Waals surface area contributed by atoms with Crippen LogP contribution in [0, 0.1) is 0 Å². The summed E-state index contributed by atoms with van der Waals surface area (Å²) >= 11 is 1.54. The fraction of sp³-hybridized carbons (Fsp3) is 0.318. The van der Waals surface area contributed by atoms with Gasteiger partial charge in [-0.1, -0.05) is 12.1 Å². The zero-order valence-electron chi connectivity index (χ0n) is 18.1. The van der Waals surface area contributed by atoms with Gasteiger partial charge in [-0.3, -0.25) is 0 Å². The van der Waals surface area contributed by atoms with Gasteiger partial charge >= 0.3 is 0 Å². The van der Waals surface area contributed by atoms with E-state index in [2.05, 4.69) is 4.90 Å². The van der Waals surface area contributed by atoms with Gasteiger partial charge in [0.15, 0.2) is 5.13 Å². The normalized spacial score (nSPS) is 14.9. The molecular formula is C22H25N3O5S2. The molecule has 2 aromatic carbocycles. The maximum atomic E-state index is 13.2. The van der Waals surface area contributed by atoms with Gasteiger partial charge in [-0.15, -0.1) is 11.3 Å². The number of nitrogens with zero attached hydrogens (tertiary/aromatic N) is 3. The van der Waals surface area contributed by atoms with Crippen molar-refractivity contribution in [3.63, 3.8) is 0 Å². The minimum atomic E-state index is -3.69. The molecule has 32 heavy (non-hydrogen) atoms. The van der Waals surface area contributed by atoms with Crippen molar-refractivity contribution in [2.75, 3.05) is 52.4 Å². The molecule has 170 valence electrons. The molecule has 1 saturated heterocycles. The lowest BCUT2D eigenvalue weighted by atomic mass is 10.1. The predicted octanol–water partition coefficient (Wildman–Crippen LogP) is 3.35. The largest absolute Gasteiger partial charge is 0.497 e. The number of piperazine rings is 1. The molecule has 2 heterocycles. The number of aromatic nitrogens is 1. The Morgan fingerprint density at radius 1 is 0.906 bits per heavy atom. The van der Waals surface area contributed by atoms with Gasteiger partial charge in [0.1, 0.15) is 22.1 Å². The number of hydrogen-bond donors (Lipinski definition) is 0. The van der Waals surface area contributed by atoms with Crippen LogP contribution in [0.4, 0.5) is 5.13 Å². The number of anilines is 1. The number of hydrogen-bond acceptors (Lipinski definition) is 8. The van der Waals surface area contributed by atoms with E-state index >= 15 is 0 Å². The van der Waals surface area contributed by atoms with Crippen molar-refractivity contribution in [2.24, 2.45) is 0 Å². The van der Waals surface area contributed by atoms with Crippen LogP contribution in [0.5, 0.6) is 17.2 Å². The molecule has 0 aliphatic carbocycles. The Bertz CT molecular complexity index is 1190. The predicted molar refractivity (Wildman–Crippen MR) is 125 cm³/mol. The lowest BCUT2D eigenvalue weighted by Gasteiger charge is -2.34. The van der Waals surface area contributed by atoms with Crippen LogP contribution >= 0.6 is 11.3 Å². The van der Waals surface area contributed by atoms with Crippen LogP contribution in [-0.2, 0) is 10.0 Å². The van der Waals surface area contributed by atoms with E-state index in [1.165, 1.54) is 24.6 Å². The Labute approximate surface area is 192 Å². The first-order chi connectivity index (χ1) is 15.5. The first-order valence-corrected chi connectivity index (χ1v) is 12.4. The van der Waals surface area contributed by atoms with E-state index in [1.807, 2.05) is 29.6 Å². The van der Waals surface area contributed by atoms with Gasteiger partial charge in [0.2, 0.25) is 10.0 Å². The number of ether oxygens (including phenoxy) is 3. The number of rotatable bonds is 7. The van der Waals surface area contributed by atoms with Gasteiger partial charge in [-0.05, 0) is 24.3 Å². The quantitative estimate of drug-likeness (QED) is 0.518. The number of sulfonamides is 1. The molecule has 1 fully saturated rings. The molecule has 0 spiro atoms. The van der Waals surface area contributed by atoms with Gasteiger partial charge < -0.3 is 19.1 Å². The first kappa shape index (κ1) is 22.4. The van der Waals surface area contributed by atoms with Crippen LogP contribution in [0.2, 0.25) is 0 Å². The molecule has 0 N–H and O–H groups in total.